The number of amides is 2. The Bertz CT molecular complexity index is 646. The summed E-state index contributed by atoms with van der Waals surface area (Å²) in [5.74, 6) is 0.953. The number of nitrogens with zero attached hydrogens (tertiary/aromatic N) is 1. The minimum absolute atomic E-state index is 0.0508. The molecule has 28 heavy (non-hydrogen) atoms. The lowest BCUT2D eigenvalue weighted by molar-refractivity contribution is -0.121. The number of carbonyl (C=O) groups excluding carboxylic acids is 2. The van der Waals surface area contributed by atoms with Crippen molar-refractivity contribution in [2.24, 2.45) is 11.8 Å². The van der Waals surface area contributed by atoms with Gasteiger partial charge in [0.05, 0.1) is 11.0 Å². The smallest absolute Gasteiger partial charge is 0.234 e. The van der Waals surface area contributed by atoms with Crippen LogP contribution in [0.3, 0.4) is 0 Å². The van der Waals surface area contributed by atoms with E-state index in [4.69, 9.17) is 0 Å². The Morgan fingerprint density at radius 1 is 1.18 bits per heavy atom. The van der Waals surface area contributed by atoms with Gasteiger partial charge in [-0.15, -0.1) is 11.8 Å². The number of hydrogen-bond acceptors (Lipinski definition) is 4. The molecule has 0 aliphatic carbocycles. The predicted octanol–water partition coefficient (Wildman–Crippen LogP) is 3.37. The maximum atomic E-state index is 12.9. The number of hydrogen-bond donors (Lipinski definition) is 2. The van der Waals surface area contributed by atoms with Gasteiger partial charge in [0.1, 0.15) is 5.82 Å². The highest BCUT2D eigenvalue weighted by molar-refractivity contribution is 8.01. The van der Waals surface area contributed by atoms with Crippen LogP contribution in [0.4, 0.5) is 10.1 Å². The third-order valence-electron chi connectivity index (χ3n) is 4.83. The van der Waals surface area contributed by atoms with Crippen LogP contribution in [-0.4, -0.2) is 53.4 Å². The van der Waals surface area contributed by atoms with Crippen molar-refractivity contribution in [1.82, 2.24) is 10.2 Å². The highest BCUT2D eigenvalue weighted by Crippen LogP contribution is 2.21. The molecule has 0 spiro atoms. The summed E-state index contributed by atoms with van der Waals surface area (Å²) in [6.45, 7) is 11.4. The highest BCUT2D eigenvalue weighted by Gasteiger charge is 2.24. The number of rotatable bonds is 8. The van der Waals surface area contributed by atoms with E-state index in [1.807, 2.05) is 13.8 Å². The topological polar surface area (TPSA) is 61.4 Å². The number of benzene rings is 1. The van der Waals surface area contributed by atoms with E-state index < -0.39 is 0 Å². The van der Waals surface area contributed by atoms with Crippen molar-refractivity contribution in [1.29, 1.82) is 0 Å². The van der Waals surface area contributed by atoms with Crippen LogP contribution in [-0.2, 0) is 9.59 Å². The molecule has 4 unspecified atom stereocenters. The molecule has 7 heteroatoms. The minimum atomic E-state index is -0.347. The van der Waals surface area contributed by atoms with Gasteiger partial charge in [-0.05, 0) is 56.4 Å². The van der Waals surface area contributed by atoms with Crippen LogP contribution in [0, 0.1) is 17.7 Å². The SMILES string of the molecule is CC1CC(C)CN(CC(C)NC(=O)C(C)SCC(=O)Nc2ccc(F)cc2)C1. The summed E-state index contributed by atoms with van der Waals surface area (Å²) >= 11 is 1.29. The van der Waals surface area contributed by atoms with Gasteiger partial charge in [-0.3, -0.25) is 9.59 Å². The third-order valence-corrected chi connectivity index (χ3v) is 5.97. The van der Waals surface area contributed by atoms with Crippen molar-refractivity contribution < 1.29 is 14.0 Å². The van der Waals surface area contributed by atoms with E-state index in [-0.39, 0.29) is 34.7 Å². The van der Waals surface area contributed by atoms with E-state index in [1.54, 1.807) is 0 Å². The quantitative estimate of drug-likeness (QED) is 0.691. The fraction of sp³-hybridized carbons (Fsp3) is 0.619. The molecule has 0 saturated carbocycles. The first-order chi connectivity index (χ1) is 13.2. The second-order valence-electron chi connectivity index (χ2n) is 8.08. The van der Waals surface area contributed by atoms with Crippen LogP contribution in [0.25, 0.3) is 0 Å². The molecule has 1 aliphatic heterocycles. The fourth-order valence-electron chi connectivity index (χ4n) is 3.74. The summed E-state index contributed by atoms with van der Waals surface area (Å²) in [6.07, 6.45) is 1.27. The van der Waals surface area contributed by atoms with Crippen molar-refractivity contribution >= 4 is 29.3 Å². The normalized spacial score (nSPS) is 22.3. The second kappa shape index (κ2) is 10.8. The number of piperidine rings is 1. The summed E-state index contributed by atoms with van der Waals surface area (Å²) in [5.41, 5.74) is 0.544. The summed E-state index contributed by atoms with van der Waals surface area (Å²) in [5, 5.41) is 5.44. The molecule has 0 radical (unpaired) electrons. The first-order valence-corrected chi connectivity index (χ1v) is 11.0. The highest BCUT2D eigenvalue weighted by atomic mass is 32.2. The number of thioether (sulfide) groups is 1. The Hall–Kier alpha value is -1.60. The van der Waals surface area contributed by atoms with Gasteiger partial charge in [0.15, 0.2) is 0 Å². The van der Waals surface area contributed by atoms with Gasteiger partial charge < -0.3 is 15.5 Å². The van der Waals surface area contributed by atoms with Gasteiger partial charge >= 0.3 is 0 Å². The van der Waals surface area contributed by atoms with Gasteiger partial charge in [0.2, 0.25) is 11.8 Å². The zero-order chi connectivity index (χ0) is 20.7. The average Bonchev–Trinajstić information content (AvgIpc) is 2.60. The molecule has 0 aromatic heterocycles. The molecular formula is C21H32FN3O2S. The Morgan fingerprint density at radius 3 is 2.39 bits per heavy atom. The zero-order valence-electron chi connectivity index (χ0n) is 17.2. The van der Waals surface area contributed by atoms with Crippen molar-refractivity contribution in [2.75, 3.05) is 30.7 Å². The summed E-state index contributed by atoms with van der Waals surface area (Å²) in [7, 11) is 0. The molecule has 0 bridgehead atoms. The van der Waals surface area contributed by atoms with E-state index in [0.29, 0.717) is 17.5 Å². The molecule has 1 aliphatic rings. The van der Waals surface area contributed by atoms with Crippen molar-refractivity contribution in [2.45, 2.75) is 45.4 Å². The molecule has 1 aromatic carbocycles. The Kier molecular flexibility index (Phi) is 8.76. The molecule has 1 fully saturated rings. The van der Waals surface area contributed by atoms with E-state index in [0.717, 1.165) is 19.6 Å². The van der Waals surface area contributed by atoms with Gasteiger partial charge in [0, 0.05) is 31.4 Å². The first-order valence-electron chi connectivity index (χ1n) is 9.92. The molecule has 2 amide bonds. The van der Waals surface area contributed by atoms with Gasteiger partial charge in [-0.25, -0.2) is 4.39 Å². The lowest BCUT2D eigenvalue weighted by Crippen LogP contribution is -2.48. The summed E-state index contributed by atoms with van der Waals surface area (Å²) < 4.78 is 12.9. The Balaban J connectivity index is 1.69. The third kappa shape index (κ3) is 7.80. The number of anilines is 1. The lowest BCUT2D eigenvalue weighted by Gasteiger charge is -2.36. The molecule has 1 saturated heterocycles. The number of halogens is 1. The monoisotopic (exact) mass is 409 g/mol. The average molecular weight is 410 g/mol. The minimum Gasteiger partial charge on any atom is -0.351 e. The van der Waals surface area contributed by atoms with Crippen LogP contribution in [0.5, 0.6) is 0 Å². The molecule has 1 heterocycles. The van der Waals surface area contributed by atoms with Crippen LogP contribution >= 0.6 is 11.8 Å². The van der Waals surface area contributed by atoms with Gasteiger partial charge in [0.25, 0.3) is 0 Å². The largest absolute Gasteiger partial charge is 0.351 e. The molecule has 2 N–H and O–H groups in total. The number of likely N-dealkylation sites (tertiary alicyclic amines) is 1. The van der Waals surface area contributed by atoms with E-state index >= 15 is 0 Å². The Morgan fingerprint density at radius 2 is 1.79 bits per heavy atom. The van der Waals surface area contributed by atoms with Crippen molar-refractivity contribution in [3.05, 3.63) is 30.1 Å². The molecule has 156 valence electrons. The van der Waals surface area contributed by atoms with E-state index in [9.17, 15) is 14.0 Å². The van der Waals surface area contributed by atoms with Crippen molar-refractivity contribution in [3.8, 4) is 0 Å². The van der Waals surface area contributed by atoms with Gasteiger partial charge in [-0.1, -0.05) is 13.8 Å². The molecular weight excluding hydrogens is 377 g/mol. The molecule has 5 nitrogen and oxygen atoms in total. The Labute approximate surface area is 171 Å². The zero-order valence-corrected chi connectivity index (χ0v) is 18.0. The molecule has 1 aromatic rings. The second-order valence-corrected chi connectivity index (χ2v) is 9.41. The maximum Gasteiger partial charge on any atom is 0.234 e. The van der Waals surface area contributed by atoms with Crippen LogP contribution in [0.2, 0.25) is 0 Å². The summed E-state index contributed by atoms with van der Waals surface area (Å²) in [6, 6.07) is 5.69. The standard InChI is InChI=1S/C21H32FN3O2S/c1-14-9-15(2)11-25(10-14)12-16(3)23-21(27)17(4)28-13-20(26)24-19-7-5-18(22)6-8-19/h5-8,14-17H,9-13H2,1-4H3,(H,23,27)(H,24,26). The first kappa shape index (κ1) is 22.7. The van der Waals surface area contributed by atoms with E-state index in [1.165, 1.54) is 42.4 Å². The van der Waals surface area contributed by atoms with Crippen LogP contribution < -0.4 is 10.6 Å². The fourth-order valence-corrected chi connectivity index (χ4v) is 4.43. The summed E-state index contributed by atoms with van der Waals surface area (Å²) in [4.78, 5) is 26.8. The molecule has 2 rings (SSSR count). The maximum absolute atomic E-state index is 12.9. The van der Waals surface area contributed by atoms with Crippen LogP contribution in [0.15, 0.2) is 24.3 Å². The van der Waals surface area contributed by atoms with Gasteiger partial charge in [-0.2, -0.15) is 0 Å². The van der Waals surface area contributed by atoms with Crippen LogP contribution in [0.1, 0.15) is 34.1 Å². The number of carbonyl (C=O) groups is 2. The number of nitrogens with one attached hydrogen (secondary N) is 2. The molecule has 4 atom stereocenters. The predicted molar refractivity (Wildman–Crippen MR) is 114 cm³/mol. The lowest BCUT2D eigenvalue weighted by atomic mass is 9.92. The van der Waals surface area contributed by atoms with Crippen molar-refractivity contribution in [3.63, 3.8) is 0 Å². The van der Waals surface area contributed by atoms with E-state index in [2.05, 4.69) is 29.4 Å².